The molecular formula is C21H29N3O3. The molecule has 2 aliphatic heterocycles. The monoisotopic (exact) mass is 371 g/mol. The van der Waals surface area contributed by atoms with Gasteiger partial charge in [0, 0.05) is 69.3 Å². The van der Waals surface area contributed by atoms with Crippen molar-refractivity contribution < 1.29 is 13.9 Å². The van der Waals surface area contributed by atoms with E-state index in [9.17, 15) is 4.79 Å². The summed E-state index contributed by atoms with van der Waals surface area (Å²) in [4.78, 5) is 16.6. The Morgan fingerprint density at radius 3 is 2.67 bits per heavy atom. The highest BCUT2D eigenvalue weighted by Gasteiger charge is 2.39. The first kappa shape index (κ1) is 18.5. The number of likely N-dealkylation sites (tertiary alicyclic amines) is 1. The number of nitrogens with zero attached hydrogens (tertiary/aromatic N) is 3. The molecule has 0 amide bonds. The van der Waals surface area contributed by atoms with Crippen molar-refractivity contribution in [2.45, 2.75) is 38.5 Å². The largest absolute Gasteiger partial charge is 0.472 e. The molecule has 2 aromatic heterocycles. The number of Topliss-reactive ketones (excluding diaryl/α,β-unsaturated/α-hetero) is 1. The van der Waals surface area contributed by atoms with E-state index in [1.165, 1.54) is 11.3 Å². The topological polar surface area (TPSA) is 50.9 Å². The number of hydrogen-bond donors (Lipinski definition) is 0. The van der Waals surface area contributed by atoms with Crippen molar-refractivity contribution in [1.82, 2.24) is 14.4 Å². The van der Waals surface area contributed by atoms with Crippen molar-refractivity contribution in [3.05, 3.63) is 47.7 Å². The number of hydrogen-bond acceptors (Lipinski definition) is 5. The van der Waals surface area contributed by atoms with Crippen LogP contribution in [0.15, 0.2) is 35.3 Å². The van der Waals surface area contributed by atoms with Crippen molar-refractivity contribution >= 4 is 5.78 Å². The fourth-order valence-corrected chi connectivity index (χ4v) is 4.31. The number of piperidine rings is 1. The molecule has 0 radical (unpaired) electrons. The van der Waals surface area contributed by atoms with Gasteiger partial charge in [0.05, 0.1) is 24.7 Å². The molecule has 4 rings (SSSR count). The lowest BCUT2D eigenvalue weighted by Crippen LogP contribution is -2.56. The van der Waals surface area contributed by atoms with E-state index < -0.39 is 0 Å². The fraction of sp³-hybridized carbons (Fsp3) is 0.571. The van der Waals surface area contributed by atoms with Gasteiger partial charge >= 0.3 is 0 Å². The maximum atomic E-state index is 11.6. The lowest BCUT2D eigenvalue weighted by molar-refractivity contribution is -0.138. The quantitative estimate of drug-likeness (QED) is 0.757. The van der Waals surface area contributed by atoms with Crippen molar-refractivity contribution in [2.24, 2.45) is 7.05 Å². The van der Waals surface area contributed by atoms with Crippen LogP contribution in [0.2, 0.25) is 0 Å². The van der Waals surface area contributed by atoms with Crippen LogP contribution in [0.1, 0.15) is 41.4 Å². The van der Waals surface area contributed by atoms with Crippen LogP contribution in [-0.2, 0) is 24.9 Å². The van der Waals surface area contributed by atoms with Crippen LogP contribution >= 0.6 is 0 Å². The number of morpholine rings is 1. The molecule has 0 unspecified atom stereocenters. The molecule has 0 aliphatic carbocycles. The first-order chi connectivity index (χ1) is 13.0. The van der Waals surface area contributed by atoms with E-state index in [-0.39, 0.29) is 11.4 Å². The van der Waals surface area contributed by atoms with Crippen LogP contribution in [0.25, 0.3) is 0 Å². The molecule has 0 saturated carbocycles. The van der Waals surface area contributed by atoms with Crippen LogP contribution in [-0.4, -0.2) is 58.5 Å². The van der Waals surface area contributed by atoms with Gasteiger partial charge in [-0.05, 0) is 31.9 Å². The first-order valence-corrected chi connectivity index (χ1v) is 9.79. The molecule has 27 heavy (non-hydrogen) atoms. The van der Waals surface area contributed by atoms with Gasteiger partial charge in [-0.3, -0.25) is 14.6 Å². The molecular weight excluding hydrogens is 342 g/mol. The van der Waals surface area contributed by atoms with Crippen LogP contribution in [0, 0.1) is 0 Å². The van der Waals surface area contributed by atoms with Gasteiger partial charge in [0.1, 0.15) is 0 Å². The van der Waals surface area contributed by atoms with Gasteiger partial charge in [-0.15, -0.1) is 0 Å². The zero-order chi connectivity index (χ0) is 18.9. The molecule has 146 valence electrons. The van der Waals surface area contributed by atoms with Gasteiger partial charge in [-0.2, -0.15) is 0 Å². The maximum Gasteiger partial charge on any atom is 0.161 e. The van der Waals surface area contributed by atoms with Crippen molar-refractivity contribution in [3.63, 3.8) is 0 Å². The lowest BCUT2D eigenvalue weighted by Gasteiger charge is -2.47. The van der Waals surface area contributed by atoms with Crippen molar-refractivity contribution in [3.8, 4) is 0 Å². The van der Waals surface area contributed by atoms with E-state index in [0.717, 1.165) is 64.3 Å². The number of aromatic nitrogens is 1. The molecule has 0 N–H and O–H groups in total. The predicted octanol–water partition coefficient (Wildman–Crippen LogP) is 2.69. The minimum atomic E-state index is -0.0281. The summed E-state index contributed by atoms with van der Waals surface area (Å²) >= 11 is 0. The Hall–Kier alpha value is -1.89. The highest BCUT2D eigenvalue weighted by atomic mass is 16.5. The Kier molecular flexibility index (Phi) is 5.21. The summed E-state index contributed by atoms with van der Waals surface area (Å²) < 4.78 is 13.5. The molecule has 2 aromatic rings. The number of ether oxygens (including phenoxy) is 1. The van der Waals surface area contributed by atoms with Gasteiger partial charge in [-0.25, -0.2) is 0 Å². The lowest BCUT2D eigenvalue weighted by atomic mass is 9.89. The molecule has 0 aromatic carbocycles. The second-order valence-electron chi connectivity index (χ2n) is 8.04. The van der Waals surface area contributed by atoms with Gasteiger partial charge in [0.15, 0.2) is 5.78 Å². The van der Waals surface area contributed by atoms with E-state index in [4.69, 9.17) is 9.15 Å². The Balaban J connectivity index is 1.35. The summed E-state index contributed by atoms with van der Waals surface area (Å²) in [5.41, 5.74) is 3.19. The smallest absolute Gasteiger partial charge is 0.161 e. The van der Waals surface area contributed by atoms with Crippen LogP contribution < -0.4 is 0 Å². The Labute approximate surface area is 160 Å². The van der Waals surface area contributed by atoms with Gasteiger partial charge in [0.25, 0.3) is 0 Å². The maximum absolute atomic E-state index is 11.6. The molecule has 0 bridgehead atoms. The first-order valence-electron chi connectivity index (χ1n) is 9.79. The van der Waals surface area contributed by atoms with E-state index in [1.807, 2.05) is 31.6 Å². The minimum Gasteiger partial charge on any atom is -0.472 e. The van der Waals surface area contributed by atoms with Gasteiger partial charge < -0.3 is 13.7 Å². The van der Waals surface area contributed by atoms with E-state index in [2.05, 4.69) is 14.4 Å². The molecule has 6 nitrogen and oxygen atoms in total. The van der Waals surface area contributed by atoms with Crippen molar-refractivity contribution in [1.29, 1.82) is 0 Å². The number of ketones is 1. The molecule has 1 spiro atoms. The zero-order valence-corrected chi connectivity index (χ0v) is 16.3. The molecule has 0 atom stereocenters. The van der Waals surface area contributed by atoms with E-state index in [1.54, 1.807) is 13.2 Å². The van der Waals surface area contributed by atoms with Crippen LogP contribution in [0.4, 0.5) is 0 Å². The number of furan rings is 1. The highest BCUT2D eigenvalue weighted by molar-refractivity contribution is 5.94. The molecule has 2 saturated heterocycles. The summed E-state index contributed by atoms with van der Waals surface area (Å²) in [6.07, 6.45) is 7.63. The molecule has 6 heteroatoms. The summed E-state index contributed by atoms with van der Waals surface area (Å²) in [5.74, 6) is 0.125. The zero-order valence-electron chi connectivity index (χ0n) is 16.3. The predicted molar refractivity (Wildman–Crippen MR) is 103 cm³/mol. The second-order valence-corrected chi connectivity index (χ2v) is 8.04. The SMILES string of the molecule is CC(=O)c1cc(CN2CCOC3(CCN(Cc4ccoc4)CC3)C2)n(C)c1. The number of carbonyl (C=O) groups is 1. The van der Waals surface area contributed by atoms with E-state index >= 15 is 0 Å². The summed E-state index contributed by atoms with van der Waals surface area (Å²) in [6, 6.07) is 4.07. The number of carbonyl (C=O) groups excluding carboxylic acids is 1. The number of aryl methyl sites for hydroxylation is 1. The Morgan fingerprint density at radius 1 is 1.19 bits per heavy atom. The van der Waals surface area contributed by atoms with Crippen molar-refractivity contribution in [2.75, 3.05) is 32.8 Å². The van der Waals surface area contributed by atoms with Gasteiger partial charge in [-0.1, -0.05) is 0 Å². The fourth-order valence-electron chi connectivity index (χ4n) is 4.31. The number of rotatable bonds is 5. The average Bonchev–Trinajstić information content (AvgIpc) is 3.28. The van der Waals surface area contributed by atoms with Crippen LogP contribution in [0.3, 0.4) is 0 Å². The minimum absolute atomic E-state index is 0.0281. The summed E-state index contributed by atoms with van der Waals surface area (Å²) in [6.45, 7) is 8.25. The third-order valence-electron chi connectivity index (χ3n) is 5.98. The molecule has 4 heterocycles. The summed E-state index contributed by atoms with van der Waals surface area (Å²) in [7, 11) is 2.02. The Morgan fingerprint density at radius 2 is 2.00 bits per heavy atom. The third kappa shape index (κ3) is 4.18. The standard InChI is InChI=1S/C21H29N3O3/c1-17(25)19-11-20(22(2)13-19)14-24-8-10-27-21(16-24)4-6-23(7-5-21)12-18-3-9-26-15-18/h3,9,11,13,15H,4-8,10,12,14,16H2,1-2H3. The molecule has 2 aliphatic rings. The van der Waals surface area contributed by atoms with E-state index in [0.29, 0.717) is 0 Å². The van der Waals surface area contributed by atoms with Gasteiger partial charge in [0.2, 0.25) is 0 Å². The normalized spacial score (nSPS) is 21.0. The summed E-state index contributed by atoms with van der Waals surface area (Å²) in [5, 5.41) is 0. The van der Waals surface area contributed by atoms with Crippen LogP contribution in [0.5, 0.6) is 0 Å². The molecule has 2 fully saturated rings. The second kappa shape index (κ2) is 7.62. The highest BCUT2D eigenvalue weighted by Crippen LogP contribution is 2.31. The Bertz CT molecular complexity index is 773. The third-order valence-corrected chi connectivity index (χ3v) is 5.98. The average molecular weight is 371 g/mol.